The number of rotatable bonds is 5. The molecule has 0 aliphatic carbocycles. The van der Waals surface area contributed by atoms with Crippen molar-refractivity contribution in [3.05, 3.63) is 75.1 Å². The van der Waals surface area contributed by atoms with Crippen LogP contribution in [0.4, 0.5) is 0 Å². The Labute approximate surface area is 152 Å². The molecule has 1 aromatic heterocycles. The van der Waals surface area contributed by atoms with Crippen molar-refractivity contribution in [3.63, 3.8) is 0 Å². The Kier molecular flexibility index (Phi) is 5.07. The van der Waals surface area contributed by atoms with E-state index in [0.29, 0.717) is 29.8 Å². The number of hydrogen-bond acceptors (Lipinski definition) is 3. The molecule has 0 spiro atoms. The van der Waals surface area contributed by atoms with E-state index in [2.05, 4.69) is 16.4 Å². The number of fused-ring (bicyclic) bond motifs is 1. The second-order valence-electron chi connectivity index (χ2n) is 6.38. The van der Waals surface area contributed by atoms with Crippen molar-refractivity contribution in [1.29, 1.82) is 0 Å². The number of aromatic amines is 1. The zero-order valence-electron chi connectivity index (χ0n) is 15.2. The van der Waals surface area contributed by atoms with E-state index in [1.165, 1.54) is 7.11 Å². The summed E-state index contributed by atoms with van der Waals surface area (Å²) in [5.74, 6) is 0.311. The van der Waals surface area contributed by atoms with Crippen molar-refractivity contribution >= 4 is 16.8 Å². The van der Waals surface area contributed by atoms with Gasteiger partial charge >= 0.3 is 0 Å². The zero-order chi connectivity index (χ0) is 18.7. The molecule has 0 radical (unpaired) electrons. The fourth-order valence-corrected chi connectivity index (χ4v) is 3.16. The van der Waals surface area contributed by atoms with Gasteiger partial charge in [-0.1, -0.05) is 23.8 Å². The van der Waals surface area contributed by atoms with Gasteiger partial charge in [0.1, 0.15) is 5.75 Å². The summed E-state index contributed by atoms with van der Waals surface area (Å²) in [6, 6.07) is 13.1. The van der Waals surface area contributed by atoms with E-state index in [1.807, 2.05) is 32.0 Å². The third-order valence-corrected chi connectivity index (χ3v) is 4.40. The first kappa shape index (κ1) is 17.7. The Hall–Kier alpha value is -3.08. The van der Waals surface area contributed by atoms with Crippen molar-refractivity contribution in [1.82, 2.24) is 10.3 Å². The van der Waals surface area contributed by atoms with Gasteiger partial charge in [-0.25, -0.2) is 0 Å². The summed E-state index contributed by atoms with van der Waals surface area (Å²) < 4.78 is 5.20. The van der Waals surface area contributed by atoms with Gasteiger partial charge in [0.2, 0.25) is 0 Å². The molecule has 0 fully saturated rings. The number of hydrogen-bond donors (Lipinski definition) is 2. The summed E-state index contributed by atoms with van der Waals surface area (Å²) in [7, 11) is 1.53. The Balaban J connectivity index is 1.75. The van der Waals surface area contributed by atoms with Gasteiger partial charge in [-0.15, -0.1) is 0 Å². The van der Waals surface area contributed by atoms with Crippen LogP contribution in [0.1, 0.15) is 27.0 Å². The van der Waals surface area contributed by atoms with Crippen LogP contribution < -0.4 is 15.6 Å². The molecule has 0 saturated heterocycles. The smallest absolute Gasteiger partial charge is 0.255 e. The van der Waals surface area contributed by atoms with Crippen LogP contribution in [-0.4, -0.2) is 24.5 Å². The molecule has 3 aromatic rings. The molecule has 1 heterocycles. The Morgan fingerprint density at radius 1 is 1.15 bits per heavy atom. The van der Waals surface area contributed by atoms with E-state index in [4.69, 9.17) is 4.74 Å². The van der Waals surface area contributed by atoms with Crippen LogP contribution in [0.2, 0.25) is 0 Å². The summed E-state index contributed by atoms with van der Waals surface area (Å²) in [5, 5.41) is 3.86. The molecule has 5 heteroatoms. The monoisotopic (exact) mass is 350 g/mol. The molecule has 0 aliphatic rings. The third-order valence-electron chi connectivity index (χ3n) is 4.40. The van der Waals surface area contributed by atoms with E-state index in [1.54, 1.807) is 18.2 Å². The van der Waals surface area contributed by atoms with Crippen LogP contribution in [0.25, 0.3) is 10.9 Å². The summed E-state index contributed by atoms with van der Waals surface area (Å²) in [5.41, 5.74) is 4.08. The molecular weight excluding hydrogens is 328 g/mol. The predicted molar refractivity (Wildman–Crippen MR) is 103 cm³/mol. The number of pyridine rings is 1. The van der Waals surface area contributed by atoms with E-state index < -0.39 is 0 Å². The number of aryl methyl sites for hydroxylation is 2. The quantitative estimate of drug-likeness (QED) is 0.743. The van der Waals surface area contributed by atoms with Crippen LogP contribution in [0.3, 0.4) is 0 Å². The first-order valence-corrected chi connectivity index (χ1v) is 8.54. The number of carbonyl (C=O) groups is 1. The average Bonchev–Trinajstić information content (AvgIpc) is 2.62. The topological polar surface area (TPSA) is 71.2 Å². The van der Waals surface area contributed by atoms with Crippen molar-refractivity contribution in [2.45, 2.75) is 20.3 Å². The molecule has 2 N–H and O–H groups in total. The van der Waals surface area contributed by atoms with Crippen LogP contribution in [0, 0.1) is 13.8 Å². The van der Waals surface area contributed by atoms with Crippen LogP contribution in [0.5, 0.6) is 5.75 Å². The minimum atomic E-state index is -0.216. The van der Waals surface area contributed by atoms with Gasteiger partial charge in [0.15, 0.2) is 0 Å². The normalized spacial score (nSPS) is 10.7. The maximum absolute atomic E-state index is 12.3. The molecule has 5 nitrogen and oxygen atoms in total. The molecular formula is C21H22N2O3. The van der Waals surface area contributed by atoms with Crippen LogP contribution >= 0.6 is 0 Å². The number of methoxy groups -OCH3 is 1. The van der Waals surface area contributed by atoms with Crippen LogP contribution in [-0.2, 0) is 6.42 Å². The molecule has 2 aromatic carbocycles. The van der Waals surface area contributed by atoms with E-state index >= 15 is 0 Å². The fourth-order valence-electron chi connectivity index (χ4n) is 3.16. The van der Waals surface area contributed by atoms with Crippen molar-refractivity contribution in [2.75, 3.05) is 13.7 Å². The molecule has 0 aliphatic heterocycles. The predicted octanol–water partition coefficient (Wildman–Crippen LogP) is 3.13. The summed E-state index contributed by atoms with van der Waals surface area (Å²) in [6.07, 6.45) is 0.457. The highest BCUT2D eigenvalue weighted by molar-refractivity contribution is 5.96. The van der Waals surface area contributed by atoms with Gasteiger partial charge in [0, 0.05) is 12.1 Å². The summed E-state index contributed by atoms with van der Waals surface area (Å²) in [4.78, 5) is 27.6. The third kappa shape index (κ3) is 3.61. The number of para-hydroxylation sites is 1. The molecule has 3 rings (SSSR count). The number of H-pyrrole nitrogens is 1. The van der Waals surface area contributed by atoms with Crippen molar-refractivity contribution in [2.24, 2.45) is 0 Å². The van der Waals surface area contributed by atoms with Crippen LogP contribution in [0.15, 0.2) is 47.3 Å². The van der Waals surface area contributed by atoms with E-state index in [9.17, 15) is 9.59 Å². The Morgan fingerprint density at radius 2 is 1.92 bits per heavy atom. The lowest BCUT2D eigenvalue weighted by molar-refractivity contribution is 0.0951. The first-order valence-electron chi connectivity index (χ1n) is 8.54. The lowest BCUT2D eigenvalue weighted by Crippen LogP contribution is -2.27. The molecule has 0 saturated carbocycles. The van der Waals surface area contributed by atoms with E-state index in [-0.39, 0.29) is 11.5 Å². The first-order chi connectivity index (χ1) is 12.5. The van der Waals surface area contributed by atoms with Gasteiger partial charge in [-0.2, -0.15) is 0 Å². The number of carbonyl (C=O) groups excluding carboxylic acids is 1. The Bertz CT molecular complexity index is 1020. The molecule has 0 atom stereocenters. The number of aromatic nitrogens is 1. The lowest BCUT2D eigenvalue weighted by Gasteiger charge is -2.10. The number of ether oxygens (including phenoxy) is 1. The molecule has 134 valence electrons. The van der Waals surface area contributed by atoms with E-state index in [0.717, 1.165) is 22.0 Å². The maximum atomic E-state index is 12.3. The highest BCUT2D eigenvalue weighted by Crippen LogP contribution is 2.18. The number of nitrogens with one attached hydrogen (secondary N) is 2. The lowest BCUT2D eigenvalue weighted by atomic mass is 10.0. The zero-order valence-corrected chi connectivity index (χ0v) is 15.2. The number of amides is 1. The molecule has 1 amide bonds. The highest BCUT2D eigenvalue weighted by atomic mass is 16.5. The van der Waals surface area contributed by atoms with Gasteiger partial charge in [-0.05, 0) is 55.5 Å². The summed E-state index contributed by atoms with van der Waals surface area (Å²) >= 11 is 0. The summed E-state index contributed by atoms with van der Waals surface area (Å²) in [6.45, 7) is 4.39. The minimum Gasteiger partial charge on any atom is -0.496 e. The van der Waals surface area contributed by atoms with Crippen molar-refractivity contribution < 1.29 is 9.53 Å². The van der Waals surface area contributed by atoms with Gasteiger partial charge in [0.05, 0.1) is 18.2 Å². The fraction of sp³-hybridized carbons (Fsp3) is 0.238. The van der Waals surface area contributed by atoms with Crippen molar-refractivity contribution in [3.8, 4) is 5.75 Å². The minimum absolute atomic E-state index is 0.115. The maximum Gasteiger partial charge on any atom is 0.255 e. The Morgan fingerprint density at radius 3 is 2.69 bits per heavy atom. The molecule has 0 bridgehead atoms. The second-order valence-corrected chi connectivity index (χ2v) is 6.38. The standard InChI is InChI=1S/C21H22N2O3/c1-13-10-14(2)19-16(11-13)12-15(20(24)23-19)8-9-22-21(25)17-6-4-5-7-18(17)26-3/h4-7,10-12H,8-9H2,1-3H3,(H,22,25)(H,23,24). The molecule has 0 unspecified atom stereocenters. The van der Waals surface area contributed by atoms with Gasteiger partial charge in [-0.3, -0.25) is 9.59 Å². The SMILES string of the molecule is COc1ccccc1C(=O)NCCc1cc2cc(C)cc(C)c2[nH]c1=O. The average molecular weight is 350 g/mol. The highest BCUT2D eigenvalue weighted by Gasteiger charge is 2.11. The van der Waals surface area contributed by atoms with Gasteiger partial charge in [0.25, 0.3) is 11.5 Å². The second kappa shape index (κ2) is 7.44. The number of benzene rings is 2. The van der Waals surface area contributed by atoms with Gasteiger partial charge < -0.3 is 15.0 Å². The largest absolute Gasteiger partial charge is 0.496 e. The molecule has 26 heavy (non-hydrogen) atoms.